The maximum atomic E-state index is 13.2. The molecule has 1 aliphatic rings. The second-order valence-electron chi connectivity index (χ2n) is 7.91. The summed E-state index contributed by atoms with van der Waals surface area (Å²) in [7, 11) is 0. The van der Waals surface area contributed by atoms with E-state index in [0.717, 1.165) is 36.1 Å². The molecule has 1 saturated heterocycles. The van der Waals surface area contributed by atoms with Crippen LogP contribution in [-0.2, 0) is 11.3 Å². The average Bonchev–Trinajstić information content (AvgIpc) is 3.25. The van der Waals surface area contributed by atoms with E-state index >= 15 is 0 Å². The van der Waals surface area contributed by atoms with Gasteiger partial charge in [0.05, 0.1) is 28.8 Å². The smallest absolute Gasteiger partial charge is 0.262 e. The molecular formula is C24H26N2O3S. The number of carbonyl (C=O) groups excluding carboxylic acids is 1. The number of benzene rings is 2. The highest BCUT2D eigenvalue weighted by atomic mass is 32.2. The molecule has 6 heteroatoms. The third-order valence-corrected chi connectivity index (χ3v) is 6.64. The number of Topliss-reactive ketones (excluding diaryl/α,β-unsaturated/α-hetero) is 1. The molecule has 0 amide bonds. The van der Waals surface area contributed by atoms with E-state index < -0.39 is 0 Å². The van der Waals surface area contributed by atoms with E-state index in [1.54, 1.807) is 10.6 Å². The van der Waals surface area contributed by atoms with Gasteiger partial charge in [0.2, 0.25) is 0 Å². The van der Waals surface area contributed by atoms with Crippen LogP contribution in [0.15, 0.2) is 52.4 Å². The Labute approximate surface area is 180 Å². The number of carbonyl (C=O) groups is 1. The monoisotopic (exact) mass is 422 g/mol. The fourth-order valence-electron chi connectivity index (χ4n) is 3.82. The van der Waals surface area contributed by atoms with Crippen LogP contribution in [0.5, 0.6) is 0 Å². The molecule has 156 valence electrons. The summed E-state index contributed by atoms with van der Waals surface area (Å²) in [4.78, 5) is 31.1. The number of rotatable bonds is 6. The first-order valence-electron chi connectivity index (χ1n) is 10.3. The second-order valence-corrected chi connectivity index (χ2v) is 9.21. The van der Waals surface area contributed by atoms with E-state index in [2.05, 4.69) is 0 Å². The molecule has 5 nitrogen and oxygen atoms in total. The lowest BCUT2D eigenvalue weighted by molar-refractivity contribution is 0.0937. The molecule has 0 unspecified atom stereocenters. The van der Waals surface area contributed by atoms with Crippen molar-refractivity contribution in [3.8, 4) is 0 Å². The molecule has 0 bridgehead atoms. The van der Waals surface area contributed by atoms with Gasteiger partial charge in [-0.25, -0.2) is 4.98 Å². The van der Waals surface area contributed by atoms with Crippen LogP contribution in [0.2, 0.25) is 0 Å². The van der Waals surface area contributed by atoms with Crippen molar-refractivity contribution in [2.24, 2.45) is 0 Å². The number of fused-ring (bicyclic) bond motifs is 1. The van der Waals surface area contributed by atoms with Crippen molar-refractivity contribution in [1.29, 1.82) is 0 Å². The van der Waals surface area contributed by atoms with Gasteiger partial charge in [-0.05, 0) is 57.4 Å². The van der Waals surface area contributed by atoms with Crippen LogP contribution in [0.1, 0.15) is 41.3 Å². The minimum atomic E-state index is -0.366. The summed E-state index contributed by atoms with van der Waals surface area (Å²) >= 11 is 1.35. The van der Waals surface area contributed by atoms with Gasteiger partial charge in [-0.2, -0.15) is 0 Å². The number of hydrogen-bond donors (Lipinski definition) is 0. The molecule has 0 spiro atoms. The minimum absolute atomic E-state index is 0.00929. The molecule has 2 aromatic carbocycles. The normalized spacial score (nSPS) is 17.4. The number of thioether (sulfide) groups is 1. The molecule has 2 atom stereocenters. The fraction of sp³-hybridized carbons (Fsp3) is 0.375. The van der Waals surface area contributed by atoms with E-state index in [-0.39, 0.29) is 22.7 Å². The maximum Gasteiger partial charge on any atom is 0.262 e. The lowest BCUT2D eigenvalue weighted by Crippen LogP contribution is -2.29. The average molecular weight is 423 g/mol. The second kappa shape index (κ2) is 8.74. The van der Waals surface area contributed by atoms with Gasteiger partial charge >= 0.3 is 0 Å². The topological polar surface area (TPSA) is 61.2 Å². The van der Waals surface area contributed by atoms with Crippen molar-refractivity contribution in [1.82, 2.24) is 9.55 Å². The van der Waals surface area contributed by atoms with E-state index in [4.69, 9.17) is 9.72 Å². The summed E-state index contributed by atoms with van der Waals surface area (Å²) in [5, 5.41) is 0.794. The van der Waals surface area contributed by atoms with Crippen LogP contribution in [-0.4, -0.2) is 33.3 Å². The van der Waals surface area contributed by atoms with Gasteiger partial charge in [0.15, 0.2) is 10.9 Å². The molecule has 4 rings (SSSR count). The molecule has 2 heterocycles. The number of aryl methyl sites for hydroxylation is 2. The van der Waals surface area contributed by atoms with Crippen LogP contribution in [0.4, 0.5) is 0 Å². The van der Waals surface area contributed by atoms with Crippen LogP contribution in [0.3, 0.4) is 0 Å². The van der Waals surface area contributed by atoms with E-state index in [0.29, 0.717) is 22.6 Å². The largest absolute Gasteiger partial charge is 0.376 e. The third kappa shape index (κ3) is 4.20. The van der Waals surface area contributed by atoms with Crippen molar-refractivity contribution in [3.05, 3.63) is 69.5 Å². The molecule has 1 aliphatic heterocycles. The van der Waals surface area contributed by atoms with E-state index in [9.17, 15) is 9.59 Å². The summed E-state index contributed by atoms with van der Waals surface area (Å²) < 4.78 is 7.46. The Hall–Kier alpha value is -2.44. The first-order valence-corrected chi connectivity index (χ1v) is 11.2. The molecule has 3 aromatic rings. The van der Waals surface area contributed by atoms with Gasteiger partial charge in [-0.15, -0.1) is 0 Å². The Morgan fingerprint density at radius 2 is 2.07 bits per heavy atom. The first-order chi connectivity index (χ1) is 14.4. The SMILES string of the molecule is Cc1ccc(C)c(C(=O)[C@H](C)Sc2nc3ccccc3c(=O)n2C[C@H]2CCCO2)c1. The van der Waals surface area contributed by atoms with Crippen LogP contribution >= 0.6 is 11.8 Å². The predicted molar refractivity (Wildman–Crippen MR) is 121 cm³/mol. The molecule has 30 heavy (non-hydrogen) atoms. The Balaban J connectivity index is 1.70. The molecule has 1 fully saturated rings. The zero-order valence-electron chi connectivity index (χ0n) is 17.6. The van der Waals surface area contributed by atoms with Gasteiger partial charge in [0.25, 0.3) is 5.56 Å². The van der Waals surface area contributed by atoms with Gasteiger partial charge < -0.3 is 4.74 Å². The number of aromatic nitrogens is 2. The zero-order chi connectivity index (χ0) is 21.3. The zero-order valence-corrected chi connectivity index (χ0v) is 18.4. The third-order valence-electron chi connectivity index (χ3n) is 5.55. The summed E-state index contributed by atoms with van der Waals surface area (Å²) in [6, 6.07) is 13.3. The van der Waals surface area contributed by atoms with E-state index in [1.165, 1.54) is 11.8 Å². The van der Waals surface area contributed by atoms with Crippen LogP contribution in [0, 0.1) is 13.8 Å². The highest BCUT2D eigenvalue weighted by molar-refractivity contribution is 8.00. The van der Waals surface area contributed by atoms with Gasteiger partial charge in [-0.3, -0.25) is 14.2 Å². The van der Waals surface area contributed by atoms with Crippen molar-refractivity contribution < 1.29 is 9.53 Å². The van der Waals surface area contributed by atoms with Crippen LogP contribution < -0.4 is 5.56 Å². The highest BCUT2D eigenvalue weighted by Crippen LogP contribution is 2.27. The number of nitrogens with zero attached hydrogens (tertiary/aromatic N) is 2. The molecule has 1 aromatic heterocycles. The Bertz CT molecular complexity index is 1150. The number of para-hydroxylation sites is 1. The summed E-state index contributed by atoms with van der Waals surface area (Å²) in [6.07, 6.45) is 1.94. The summed E-state index contributed by atoms with van der Waals surface area (Å²) in [5.41, 5.74) is 3.32. The summed E-state index contributed by atoms with van der Waals surface area (Å²) in [6.45, 7) is 7.00. The Kier molecular flexibility index (Phi) is 6.06. The molecule has 0 aliphatic carbocycles. The molecule has 0 saturated carbocycles. The highest BCUT2D eigenvalue weighted by Gasteiger charge is 2.24. The van der Waals surface area contributed by atoms with Crippen molar-refractivity contribution in [2.75, 3.05) is 6.61 Å². The Morgan fingerprint density at radius 3 is 2.83 bits per heavy atom. The number of ether oxygens (including phenoxy) is 1. The Morgan fingerprint density at radius 1 is 1.27 bits per heavy atom. The molecular weight excluding hydrogens is 396 g/mol. The van der Waals surface area contributed by atoms with Gasteiger partial charge in [0.1, 0.15) is 0 Å². The number of hydrogen-bond acceptors (Lipinski definition) is 5. The minimum Gasteiger partial charge on any atom is -0.376 e. The fourth-order valence-corrected chi connectivity index (χ4v) is 4.81. The number of ketones is 1. The van der Waals surface area contributed by atoms with Gasteiger partial charge in [-0.1, -0.05) is 41.6 Å². The lowest BCUT2D eigenvalue weighted by Gasteiger charge is -2.19. The first kappa shape index (κ1) is 20.8. The van der Waals surface area contributed by atoms with Crippen molar-refractivity contribution in [3.63, 3.8) is 0 Å². The lowest BCUT2D eigenvalue weighted by atomic mass is 10.0. The van der Waals surface area contributed by atoms with Gasteiger partial charge in [0, 0.05) is 12.2 Å². The predicted octanol–water partition coefficient (Wildman–Crippen LogP) is 4.56. The van der Waals surface area contributed by atoms with Crippen molar-refractivity contribution in [2.45, 2.75) is 56.7 Å². The molecule has 0 N–H and O–H groups in total. The van der Waals surface area contributed by atoms with Crippen LogP contribution in [0.25, 0.3) is 10.9 Å². The molecule has 0 radical (unpaired) electrons. The standard InChI is InChI=1S/C24H26N2O3S/c1-15-10-11-16(2)20(13-15)22(27)17(3)30-24-25-21-9-5-4-8-19(21)23(28)26(24)14-18-7-6-12-29-18/h4-5,8-11,13,17-18H,6-7,12,14H2,1-3H3/t17-,18+/m0/s1. The van der Waals surface area contributed by atoms with Crippen molar-refractivity contribution >= 4 is 28.4 Å². The maximum absolute atomic E-state index is 13.2. The summed E-state index contributed by atoms with van der Waals surface area (Å²) in [5.74, 6) is 0.0484. The van der Waals surface area contributed by atoms with E-state index in [1.807, 2.05) is 57.2 Å². The quantitative estimate of drug-likeness (QED) is 0.331.